The third kappa shape index (κ3) is 11.0. The van der Waals surface area contributed by atoms with Crippen LogP contribution in [0, 0.1) is 11.8 Å². The number of Topliss-reactive ketones (excluding diaryl/α,β-unsaturated/α-hetero) is 1. The number of hydrogen-bond acceptors (Lipinski definition) is 4. The minimum absolute atomic E-state index is 0.0762. The van der Waals surface area contributed by atoms with Gasteiger partial charge >= 0.3 is 5.97 Å². The van der Waals surface area contributed by atoms with Crippen LogP contribution in [-0.2, 0) is 14.3 Å². The van der Waals surface area contributed by atoms with Gasteiger partial charge in [0.25, 0.3) is 0 Å². The Balaban J connectivity index is 2.26. The van der Waals surface area contributed by atoms with Gasteiger partial charge in [-0.1, -0.05) is 70.9 Å². The summed E-state index contributed by atoms with van der Waals surface area (Å²) in [5, 5.41) is 10.3. The second-order valence-electron chi connectivity index (χ2n) is 8.73. The van der Waals surface area contributed by atoms with Crippen LogP contribution in [0.2, 0.25) is 0 Å². The molecule has 0 heterocycles. The van der Waals surface area contributed by atoms with Crippen LogP contribution in [-0.4, -0.2) is 29.6 Å². The van der Waals surface area contributed by atoms with Gasteiger partial charge in [-0.2, -0.15) is 0 Å². The number of carbonyl (C=O) groups is 2. The molecule has 1 saturated carbocycles. The average molecular weight is 409 g/mol. The molecule has 4 heteroatoms. The molecule has 0 spiro atoms. The van der Waals surface area contributed by atoms with Crippen LogP contribution in [0.1, 0.15) is 111 Å². The van der Waals surface area contributed by atoms with Crippen molar-refractivity contribution in [2.45, 2.75) is 117 Å². The van der Waals surface area contributed by atoms with Crippen molar-refractivity contribution in [3.63, 3.8) is 0 Å². The molecule has 1 fully saturated rings. The fourth-order valence-corrected chi connectivity index (χ4v) is 4.07. The Kier molecular flexibility index (Phi) is 14.0. The molecular formula is C25H44O4. The topological polar surface area (TPSA) is 63.6 Å². The zero-order valence-corrected chi connectivity index (χ0v) is 19.1. The number of ether oxygens (including phenoxy) is 1. The smallest absolute Gasteiger partial charge is 0.305 e. The summed E-state index contributed by atoms with van der Waals surface area (Å²) in [6.45, 7) is 6.83. The average Bonchev–Trinajstić information content (AvgIpc) is 3.06. The molecule has 3 atom stereocenters. The number of rotatable bonds is 16. The largest absolute Gasteiger partial charge is 0.466 e. The van der Waals surface area contributed by atoms with E-state index in [2.05, 4.69) is 19.9 Å². The van der Waals surface area contributed by atoms with E-state index in [0.29, 0.717) is 25.2 Å². The van der Waals surface area contributed by atoms with E-state index >= 15 is 0 Å². The second kappa shape index (κ2) is 15.6. The quantitative estimate of drug-likeness (QED) is 0.189. The summed E-state index contributed by atoms with van der Waals surface area (Å²) in [4.78, 5) is 23.9. The van der Waals surface area contributed by atoms with Gasteiger partial charge in [0.15, 0.2) is 0 Å². The second-order valence-corrected chi connectivity index (χ2v) is 8.73. The van der Waals surface area contributed by atoms with Crippen molar-refractivity contribution in [1.82, 2.24) is 0 Å². The first kappa shape index (κ1) is 25.9. The summed E-state index contributed by atoms with van der Waals surface area (Å²) in [5.41, 5.74) is 1.29. The van der Waals surface area contributed by atoms with Crippen molar-refractivity contribution in [2.24, 2.45) is 11.8 Å². The highest BCUT2D eigenvalue weighted by atomic mass is 16.5. The van der Waals surface area contributed by atoms with Crippen molar-refractivity contribution >= 4 is 11.8 Å². The maximum absolute atomic E-state index is 12.3. The maximum atomic E-state index is 12.3. The standard InChI is InChI=1S/C25H44O4/c1-4-6-12-20(3)23(26)17-15-21-16-18-24(27)22(21)13-10-8-9-11-14-25(28)29-19-7-5-2/h15,20,22,24,27H,4-14,16-19H2,1-3H3/t20?,22-,24-/m1/s1. The van der Waals surface area contributed by atoms with Crippen molar-refractivity contribution in [3.05, 3.63) is 11.6 Å². The van der Waals surface area contributed by atoms with Gasteiger partial charge in [-0.05, 0) is 38.5 Å². The first-order chi connectivity index (χ1) is 14.0. The molecule has 0 aromatic heterocycles. The highest BCUT2D eigenvalue weighted by molar-refractivity contribution is 5.82. The molecule has 0 aromatic rings. The van der Waals surface area contributed by atoms with Gasteiger partial charge in [0.05, 0.1) is 12.7 Å². The number of aliphatic hydroxyl groups excluding tert-OH is 1. The van der Waals surface area contributed by atoms with Crippen LogP contribution in [0.5, 0.6) is 0 Å². The normalized spacial score (nSPS) is 21.4. The number of hydrogen-bond donors (Lipinski definition) is 1. The number of unbranched alkanes of at least 4 members (excludes halogenated alkanes) is 5. The molecule has 0 aromatic carbocycles. The maximum Gasteiger partial charge on any atom is 0.305 e. The van der Waals surface area contributed by atoms with Gasteiger partial charge < -0.3 is 9.84 Å². The molecule has 0 radical (unpaired) electrons. The van der Waals surface area contributed by atoms with E-state index in [1.807, 2.05) is 6.92 Å². The van der Waals surface area contributed by atoms with E-state index < -0.39 is 0 Å². The Bertz CT molecular complexity index is 497. The molecule has 168 valence electrons. The fraction of sp³-hybridized carbons (Fsp3) is 0.840. The molecule has 0 saturated heterocycles. The van der Waals surface area contributed by atoms with E-state index in [1.54, 1.807) is 0 Å². The summed E-state index contributed by atoms with van der Waals surface area (Å²) >= 11 is 0. The fourth-order valence-electron chi connectivity index (χ4n) is 4.07. The van der Waals surface area contributed by atoms with E-state index in [1.165, 1.54) is 5.57 Å². The monoisotopic (exact) mass is 408 g/mol. The highest BCUT2D eigenvalue weighted by Gasteiger charge is 2.29. The number of carbonyl (C=O) groups excluding carboxylic acids is 2. The minimum atomic E-state index is -0.262. The summed E-state index contributed by atoms with van der Waals surface area (Å²) in [6.07, 6.45) is 14.9. The van der Waals surface area contributed by atoms with Crippen LogP contribution < -0.4 is 0 Å². The molecule has 4 nitrogen and oxygen atoms in total. The van der Waals surface area contributed by atoms with Crippen LogP contribution in [0.15, 0.2) is 11.6 Å². The summed E-state index contributed by atoms with van der Waals surface area (Å²) in [5.74, 6) is 0.614. The number of ketones is 1. The molecule has 0 amide bonds. The summed E-state index contributed by atoms with van der Waals surface area (Å²) < 4.78 is 5.18. The van der Waals surface area contributed by atoms with E-state index in [9.17, 15) is 14.7 Å². The SMILES string of the molecule is CCCCOC(=O)CCCCCC[C@@H]1C(=CCC(=O)C(C)CCCC)CC[C@H]1O. The van der Waals surface area contributed by atoms with Crippen molar-refractivity contribution in [3.8, 4) is 0 Å². The van der Waals surface area contributed by atoms with Crippen molar-refractivity contribution < 1.29 is 19.4 Å². The van der Waals surface area contributed by atoms with Gasteiger partial charge in [-0.25, -0.2) is 0 Å². The van der Waals surface area contributed by atoms with Crippen LogP contribution >= 0.6 is 0 Å². The van der Waals surface area contributed by atoms with Gasteiger partial charge in [0, 0.05) is 24.7 Å². The Morgan fingerprint density at radius 2 is 1.83 bits per heavy atom. The molecule has 1 N–H and O–H groups in total. The lowest BCUT2D eigenvalue weighted by molar-refractivity contribution is -0.143. The molecule has 1 aliphatic carbocycles. The lowest BCUT2D eigenvalue weighted by Gasteiger charge is -2.17. The Hall–Kier alpha value is -1.16. The lowest BCUT2D eigenvalue weighted by Crippen LogP contribution is -2.15. The van der Waals surface area contributed by atoms with Gasteiger partial charge in [-0.15, -0.1) is 0 Å². The predicted octanol–water partition coefficient (Wildman–Crippen LogP) is 6.15. The zero-order valence-electron chi connectivity index (χ0n) is 19.1. The molecule has 0 bridgehead atoms. The van der Waals surface area contributed by atoms with Gasteiger partial charge in [-0.3, -0.25) is 9.59 Å². The van der Waals surface area contributed by atoms with Crippen LogP contribution in [0.3, 0.4) is 0 Å². The molecule has 29 heavy (non-hydrogen) atoms. The minimum Gasteiger partial charge on any atom is -0.466 e. The molecule has 1 unspecified atom stereocenters. The van der Waals surface area contributed by atoms with E-state index in [-0.39, 0.29) is 23.9 Å². The van der Waals surface area contributed by atoms with Gasteiger partial charge in [0.2, 0.25) is 0 Å². The summed E-state index contributed by atoms with van der Waals surface area (Å²) in [6, 6.07) is 0. The molecular weight excluding hydrogens is 364 g/mol. The molecule has 0 aliphatic heterocycles. The summed E-state index contributed by atoms with van der Waals surface area (Å²) in [7, 11) is 0. The zero-order chi connectivity index (χ0) is 21.5. The van der Waals surface area contributed by atoms with Crippen LogP contribution in [0.4, 0.5) is 0 Å². The molecule has 1 aliphatic rings. The van der Waals surface area contributed by atoms with E-state index in [4.69, 9.17) is 4.74 Å². The Morgan fingerprint density at radius 1 is 1.10 bits per heavy atom. The van der Waals surface area contributed by atoms with Crippen molar-refractivity contribution in [2.75, 3.05) is 6.61 Å². The van der Waals surface area contributed by atoms with Crippen molar-refractivity contribution in [1.29, 1.82) is 0 Å². The third-order valence-electron chi connectivity index (χ3n) is 6.18. The number of esters is 1. The third-order valence-corrected chi connectivity index (χ3v) is 6.18. The first-order valence-corrected chi connectivity index (χ1v) is 12.0. The van der Waals surface area contributed by atoms with Crippen LogP contribution in [0.25, 0.3) is 0 Å². The van der Waals surface area contributed by atoms with Gasteiger partial charge in [0.1, 0.15) is 5.78 Å². The Morgan fingerprint density at radius 3 is 2.55 bits per heavy atom. The van der Waals surface area contributed by atoms with E-state index in [0.717, 1.165) is 77.0 Å². The first-order valence-electron chi connectivity index (χ1n) is 12.0. The number of aliphatic hydroxyl groups is 1. The Labute approximate surface area is 178 Å². The highest BCUT2D eigenvalue weighted by Crippen LogP contribution is 2.35. The molecule has 1 rings (SSSR count). The number of allylic oxidation sites excluding steroid dienone is 1. The predicted molar refractivity (Wildman–Crippen MR) is 119 cm³/mol. The lowest BCUT2D eigenvalue weighted by atomic mass is 9.91.